The summed E-state index contributed by atoms with van der Waals surface area (Å²) in [4.78, 5) is 21.1. The van der Waals surface area contributed by atoms with Gasteiger partial charge in [-0.25, -0.2) is 9.78 Å². The summed E-state index contributed by atoms with van der Waals surface area (Å²) in [5.41, 5.74) is 3.33. The van der Waals surface area contributed by atoms with Crippen LogP contribution in [0.1, 0.15) is 12.5 Å². The lowest BCUT2D eigenvalue weighted by Crippen LogP contribution is -2.36. The maximum absolute atomic E-state index is 12.2. The summed E-state index contributed by atoms with van der Waals surface area (Å²) < 4.78 is 38.5. The van der Waals surface area contributed by atoms with E-state index in [0.29, 0.717) is 40.5 Å². The standard InChI is InChI=1S/C20H20F3N5O3/c1-2-31-27-16(11-29)13-6-7-28-17(10-24-18(28)9-13)14-4-3-5-15(8-14)26-19(30)25-12-20(21,22)23/h3-10,29H,2,11-12H2,1H3,(H2,25,26,30). The van der Waals surface area contributed by atoms with E-state index in [0.717, 1.165) is 0 Å². The van der Waals surface area contributed by atoms with Crippen LogP contribution in [0.3, 0.4) is 0 Å². The summed E-state index contributed by atoms with van der Waals surface area (Å²) in [5.74, 6) is 0. The Morgan fingerprint density at radius 2 is 2.10 bits per heavy atom. The van der Waals surface area contributed by atoms with Crippen molar-refractivity contribution >= 4 is 23.1 Å². The van der Waals surface area contributed by atoms with Gasteiger partial charge in [0.15, 0.2) is 0 Å². The van der Waals surface area contributed by atoms with Crippen molar-refractivity contribution < 1.29 is 27.9 Å². The van der Waals surface area contributed by atoms with Gasteiger partial charge in [0, 0.05) is 23.0 Å². The minimum Gasteiger partial charge on any atom is -0.396 e. The molecule has 0 aliphatic rings. The number of aliphatic hydroxyl groups is 1. The van der Waals surface area contributed by atoms with Gasteiger partial charge in [0.25, 0.3) is 0 Å². The van der Waals surface area contributed by atoms with Crippen LogP contribution in [0.5, 0.6) is 0 Å². The Morgan fingerprint density at radius 3 is 2.81 bits per heavy atom. The van der Waals surface area contributed by atoms with Crippen LogP contribution in [0.2, 0.25) is 0 Å². The third kappa shape index (κ3) is 5.72. The molecule has 11 heteroatoms. The second-order valence-electron chi connectivity index (χ2n) is 6.40. The number of carbonyl (C=O) groups excluding carboxylic acids is 1. The Bertz CT molecular complexity index is 1100. The summed E-state index contributed by atoms with van der Waals surface area (Å²) in [6.07, 6.45) is -1.11. The van der Waals surface area contributed by atoms with Gasteiger partial charge in [-0.1, -0.05) is 17.3 Å². The molecule has 2 heterocycles. The zero-order chi connectivity index (χ0) is 22.4. The Kier molecular flexibility index (Phi) is 6.75. The molecule has 0 unspecified atom stereocenters. The topological polar surface area (TPSA) is 100 Å². The zero-order valence-electron chi connectivity index (χ0n) is 16.5. The fraction of sp³-hybridized carbons (Fsp3) is 0.250. The number of urea groups is 1. The molecule has 2 amide bonds. The van der Waals surface area contributed by atoms with E-state index < -0.39 is 18.8 Å². The first kappa shape index (κ1) is 22.1. The number of nitrogens with one attached hydrogen (secondary N) is 2. The molecule has 0 saturated carbocycles. The number of amides is 2. The van der Waals surface area contributed by atoms with Gasteiger partial charge in [-0.3, -0.25) is 4.40 Å². The number of oxime groups is 1. The van der Waals surface area contributed by atoms with Gasteiger partial charge in [-0.15, -0.1) is 0 Å². The molecule has 2 aromatic heterocycles. The van der Waals surface area contributed by atoms with Gasteiger partial charge < -0.3 is 20.6 Å². The third-order valence-electron chi connectivity index (χ3n) is 4.17. The van der Waals surface area contributed by atoms with Crippen LogP contribution in [0.4, 0.5) is 23.7 Å². The van der Waals surface area contributed by atoms with Crippen molar-refractivity contribution in [3.05, 3.63) is 54.4 Å². The van der Waals surface area contributed by atoms with E-state index in [4.69, 9.17) is 4.84 Å². The molecule has 3 N–H and O–H groups in total. The monoisotopic (exact) mass is 435 g/mol. The molecule has 0 atom stereocenters. The first-order chi connectivity index (χ1) is 14.8. The van der Waals surface area contributed by atoms with E-state index in [-0.39, 0.29) is 6.61 Å². The number of aliphatic hydroxyl groups excluding tert-OH is 1. The highest BCUT2D eigenvalue weighted by Crippen LogP contribution is 2.24. The van der Waals surface area contributed by atoms with Crippen LogP contribution in [0.15, 0.2) is 53.9 Å². The van der Waals surface area contributed by atoms with Crippen LogP contribution < -0.4 is 10.6 Å². The van der Waals surface area contributed by atoms with Crippen molar-refractivity contribution in [1.29, 1.82) is 0 Å². The number of hydrogen-bond donors (Lipinski definition) is 3. The van der Waals surface area contributed by atoms with Crippen molar-refractivity contribution in [3.63, 3.8) is 0 Å². The van der Waals surface area contributed by atoms with Gasteiger partial charge >= 0.3 is 12.2 Å². The lowest BCUT2D eigenvalue weighted by molar-refractivity contribution is -0.122. The number of alkyl halides is 3. The molecule has 0 aliphatic carbocycles. The summed E-state index contributed by atoms with van der Waals surface area (Å²) in [6.45, 7) is 0.438. The van der Waals surface area contributed by atoms with E-state index in [1.54, 1.807) is 65.4 Å². The maximum atomic E-state index is 12.2. The largest absolute Gasteiger partial charge is 0.405 e. The van der Waals surface area contributed by atoms with Crippen LogP contribution >= 0.6 is 0 Å². The predicted molar refractivity (Wildman–Crippen MR) is 109 cm³/mol. The first-order valence-corrected chi connectivity index (χ1v) is 9.30. The molecular weight excluding hydrogens is 415 g/mol. The van der Waals surface area contributed by atoms with E-state index in [1.807, 2.05) is 0 Å². The maximum Gasteiger partial charge on any atom is 0.405 e. The number of pyridine rings is 1. The Morgan fingerprint density at radius 1 is 1.29 bits per heavy atom. The summed E-state index contributed by atoms with van der Waals surface area (Å²) in [5, 5.41) is 17.5. The average Bonchev–Trinajstić information content (AvgIpc) is 3.16. The highest BCUT2D eigenvalue weighted by atomic mass is 19.4. The molecule has 0 aliphatic heterocycles. The van der Waals surface area contributed by atoms with E-state index in [2.05, 4.69) is 15.5 Å². The third-order valence-corrected chi connectivity index (χ3v) is 4.17. The first-order valence-electron chi connectivity index (χ1n) is 9.30. The number of nitrogens with zero attached hydrogens (tertiary/aromatic N) is 3. The SMILES string of the molecule is CCON=C(CO)c1ccn2c(-c3cccc(NC(=O)NCC(F)(F)F)c3)cnc2c1. The van der Waals surface area contributed by atoms with Crippen molar-refractivity contribution in [2.45, 2.75) is 13.1 Å². The molecule has 0 radical (unpaired) electrons. The van der Waals surface area contributed by atoms with Gasteiger partial charge in [-0.05, 0) is 31.2 Å². The lowest BCUT2D eigenvalue weighted by Gasteiger charge is -2.11. The number of aromatic nitrogens is 2. The van der Waals surface area contributed by atoms with Crippen molar-refractivity contribution in [3.8, 4) is 11.3 Å². The van der Waals surface area contributed by atoms with Crippen LogP contribution in [-0.2, 0) is 4.84 Å². The van der Waals surface area contributed by atoms with Crippen LogP contribution in [-0.4, -0.2) is 52.2 Å². The number of carbonyl (C=O) groups is 1. The summed E-state index contributed by atoms with van der Waals surface area (Å²) in [6, 6.07) is 9.17. The molecule has 164 valence electrons. The number of anilines is 1. The fourth-order valence-corrected chi connectivity index (χ4v) is 2.80. The van der Waals surface area contributed by atoms with Gasteiger partial charge in [-0.2, -0.15) is 13.2 Å². The number of halogens is 3. The Hall–Kier alpha value is -3.60. The fourth-order valence-electron chi connectivity index (χ4n) is 2.80. The Labute approximate surface area is 175 Å². The number of benzene rings is 1. The minimum absolute atomic E-state index is 0.298. The smallest absolute Gasteiger partial charge is 0.396 e. The molecule has 1 aromatic carbocycles. The van der Waals surface area contributed by atoms with Crippen molar-refractivity contribution in [2.75, 3.05) is 25.1 Å². The molecular formula is C20H20F3N5O3. The second-order valence-corrected chi connectivity index (χ2v) is 6.40. The zero-order valence-corrected chi connectivity index (χ0v) is 16.5. The minimum atomic E-state index is -4.49. The van der Waals surface area contributed by atoms with E-state index in [9.17, 15) is 23.1 Å². The number of rotatable bonds is 7. The quantitative estimate of drug-likeness (QED) is 0.391. The average molecular weight is 435 g/mol. The number of imidazole rings is 1. The van der Waals surface area contributed by atoms with Crippen LogP contribution in [0.25, 0.3) is 16.9 Å². The van der Waals surface area contributed by atoms with E-state index in [1.165, 1.54) is 0 Å². The van der Waals surface area contributed by atoms with Crippen molar-refractivity contribution in [1.82, 2.24) is 14.7 Å². The van der Waals surface area contributed by atoms with E-state index >= 15 is 0 Å². The van der Waals surface area contributed by atoms with Gasteiger partial charge in [0.1, 0.15) is 24.5 Å². The summed E-state index contributed by atoms with van der Waals surface area (Å²) >= 11 is 0. The van der Waals surface area contributed by atoms with Gasteiger partial charge in [0.05, 0.1) is 18.5 Å². The highest BCUT2D eigenvalue weighted by Gasteiger charge is 2.27. The normalized spacial score (nSPS) is 12.1. The van der Waals surface area contributed by atoms with Gasteiger partial charge in [0.2, 0.25) is 0 Å². The van der Waals surface area contributed by atoms with Crippen LogP contribution in [0, 0.1) is 0 Å². The molecule has 3 aromatic rings. The Balaban J connectivity index is 1.82. The molecule has 8 nitrogen and oxygen atoms in total. The molecule has 0 spiro atoms. The molecule has 0 bridgehead atoms. The number of fused-ring (bicyclic) bond motifs is 1. The lowest BCUT2D eigenvalue weighted by atomic mass is 10.1. The predicted octanol–water partition coefficient (Wildman–Crippen LogP) is 3.42. The summed E-state index contributed by atoms with van der Waals surface area (Å²) in [7, 11) is 0. The molecule has 0 saturated heterocycles. The van der Waals surface area contributed by atoms with Crippen molar-refractivity contribution in [2.24, 2.45) is 5.16 Å². The molecule has 31 heavy (non-hydrogen) atoms. The second kappa shape index (κ2) is 9.47. The molecule has 0 fully saturated rings. The number of hydrogen-bond acceptors (Lipinski definition) is 5. The molecule has 3 rings (SSSR count). The highest BCUT2D eigenvalue weighted by molar-refractivity contribution is 6.01.